The van der Waals surface area contributed by atoms with Gasteiger partial charge in [-0.25, -0.2) is 9.59 Å². The lowest BCUT2D eigenvalue weighted by molar-refractivity contribution is -0.144. The molecule has 122 valence electrons. The van der Waals surface area contributed by atoms with E-state index in [1.807, 2.05) is 6.92 Å². The molecule has 0 aromatic rings. The van der Waals surface area contributed by atoms with E-state index in [-0.39, 0.29) is 0 Å². The highest BCUT2D eigenvalue weighted by molar-refractivity contribution is 5.85. The number of carbonyl (C=O) groups is 2. The maximum absolute atomic E-state index is 11.8. The molecule has 1 fully saturated rings. The summed E-state index contributed by atoms with van der Waals surface area (Å²) in [5.74, 6) is -1.000. The summed E-state index contributed by atoms with van der Waals surface area (Å²) < 4.78 is 0. The Bertz CT molecular complexity index is 345. The third-order valence-electron chi connectivity index (χ3n) is 3.76. The summed E-state index contributed by atoms with van der Waals surface area (Å²) >= 11 is 0. The Morgan fingerprint density at radius 3 is 2.57 bits per heavy atom. The number of nitrogens with one attached hydrogen (secondary N) is 3. The predicted molar refractivity (Wildman–Crippen MR) is 81.4 cm³/mol. The molecule has 1 heterocycles. The fourth-order valence-electron chi connectivity index (χ4n) is 2.46. The van der Waals surface area contributed by atoms with Crippen LogP contribution in [0.5, 0.6) is 0 Å². The standard InChI is InChI=1S/C14H28N4O3/c1-3-5-14(2,12(19)20)17-13(21)16-6-4-9-18-10-7-15-8-11-18/h15H,3-11H2,1-2H3,(H,19,20)(H2,16,17,21). The van der Waals surface area contributed by atoms with Crippen LogP contribution in [0.15, 0.2) is 0 Å². The summed E-state index contributed by atoms with van der Waals surface area (Å²) in [6.07, 6.45) is 1.98. The quantitative estimate of drug-likeness (QED) is 0.481. The number of hydrogen-bond acceptors (Lipinski definition) is 4. The van der Waals surface area contributed by atoms with Gasteiger partial charge in [-0.05, 0) is 26.3 Å². The number of carbonyl (C=O) groups excluding carboxylic acids is 1. The van der Waals surface area contributed by atoms with Gasteiger partial charge in [-0.15, -0.1) is 0 Å². The van der Waals surface area contributed by atoms with Crippen LogP contribution >= 0.6 is 0 Å². The zero-order valence-corrected chi connectivity index (χ0v) is 13.1. The average Bonchev–Trinajstić information content (AvgIpc) is 2.45. The van der Waals surface area contributed by atoms with Crippen LogP contribution in [-0.2, 0) is 4.79 Å². The molecule has 7 heteroatoms. The fourth-order valence-corrected chi connectivity index (χ4v) is 2.46. The molecule has 1 aliphatic rings. The van der Waals surface area contributed by atoms with Crippen molar-refractivity contribution in [2.75, 3.05) is 39.3 Å². The zero-order valence-electron chi connectivity index (χ0n) is 13.1. The number of aliphatic carboxylic acids is 1. The number of amides is 2. The van der Waals surface area contributed by atoms with Crippen molar-refractivity contribution in [3.8, 4) is 0 Å². The van der Waals surface area contributed by atoms with E-state index >= 15 is 0 Å². The number of rotatable bonds is 8. The molecule has 0 aromatic carbocycles. The Balaban J connectivity index is 2.21. The van der Waals surface area contributed by atoms with E-state index in [9.17, 15) is 14.7 Å². The molecule has 0 saturated carbocycles. The van der Waals surface area contributed by atoms with Gasteiger partial charge in [0.05, 0.1) is 0 Å². The molecular weight excluding hydrogens is 272 g/mol. The van der Waals surface area contributed by atoms with Crippen LogP contribution in [0.4, 0.5) is 4.79 Å². The maximum Gasteiger partial charge on any atom is 0.329 e. The van der Waals surface area contributed by atoms with Crippen molar-refractivity contribution < 1.29 is 14.7 Å². The number of nitrogens with zero attached hydrogens (tertiary/aromatic N) is 1. The minimum Gasteiger partial charge on any atom is -0.480 e. The first kappa shape index (κ1) is 17.7. The van der Waals surface area contributed by atoms with Gasteiger partial charge in [0.25, 0.3) is 0 Å². The van der Waals surface area contributed by atoms with Gasteiger partial charge in [-0.3, -0.25) is 0 Å². The van der Waals surface area contributed by atoms with Gasteiger partial charge in [0.15, 0.2) is 0 Å². The van der Waals surface area contributed by atoms with E-state index in [0.29, 0.717) is 19.4 Å². The summed E-state index contributed by atoms with van der Waals surface area (Å²) in [5.41, 5.74) is -1.20. The number of carboxylic acids is 1. The van der Waals surface area contributed by atoms with Gasteiger partial charge in [-0.2, -0.15) is 0 Å². The number of hydrogen-bond donors (Lipinski definition) is 4. The van der Waals surface area contributed by atoms with Gasteiger partial charge in [0, 0.05) is 32.7 Å². The normalized spacial score (nSPS) is 18.8. The summed E-state index contributed by atoms with van der Waals surface area (Å²) in [6, 6.07) is -0.409. The largest absolute Gasteiger partial charge is 0.480 e. The summed E-state index contributed by atoms with van der Waals surface area (Å²) in [6.45, 7) is 9.06. The van der Waals surface area contributed by atoms with Crippen LogP contribution in [0.2, 0.25) is 0 Å². The monoisotopic (exact) mass is 300 g/mol. The highest BCUT2D eigenvalue weighted by atomic mass is 16.4. The second-order valence-electron chi connectivity index (χ2n) is 5.71. The zero-order chi connectivity index (χ0) is 15.7. The molecule has 2 amide bonds. The van der Waals surface area contributed by atoms with Crippen LogP contribution in [-0.4, -0.2) is 66.8 Å². The first-order valence-corrected chi connectivity index (χ1v) is 7.70. The Kier molecular flexibility index (Phi) is 7.45. The minimum absolute atomic E-state index is 0.409. The van der Waals surface area contributed by atoms with E-state index in [1.54, 1.807) is 6.92 Å². The van der Waals surface area contributed by atoms with Gasteiger partial charge >= 0.3 is 12.0 Å². The second-order valence-corrected chi connectivity index (χ2v) is 5.71. The molecule has 0 aromatic heterocycles. The first-order valence-electron chi connectivity index (χ1n) is 7.70. The van der Waals surface area contributed by atoms with Gasteiger partial charge in [-0.1, -0.05) is 13.3 Å². The third kappa shape index (κ3) is 6.31. The molecule has 21 heavy (non-hydrogen) atoms. The van der Waals surface area contributed by atoms with Crippen molar-refractivity contribution in [2.24, 2.45) is 0 Å². The second kappa shape index (κ2) is 8.84. The van der Waals surface area contributed by atoms with E-state index in [2.05, 4.69) is 20.9 Å². The smallest absolute Gasteiger partial charge is 0.329 e. The molecule has 0 bridgehead atoms. The third-order valence-corrected chi connectivity index (χ3v) is 3.76. The van der Waals surface area contributed by atoms with Crippen molar-refractivity contribution in [3.63, 3.8) is 0 Å². The van der Waals surface area contributed by atoms with E-state index in [4.69, 9.17) is 0 Å². The lowest BCUT2D eigenvalue weighted by Gasteiger charge is -2.27. The maximum atomic E-state index is 11.8. The van der Waals surface area contributed by atoms with Crippen LogP contribution < -0.4 is 16.0 Å². The van der Waals surface area contributed by atoms with E-state index in [1.165, 1.54) is 0 Å². The van der Waals surface area contributed by atoms with Crippen LogP contribution in [0, 0.1) is 0 Å². The van der Waals surface area contributed by atoms with Gasteiger partial charge < -0.3 is 26.0 Å². The van der Waals surface area contributed by atoms with Crippen molar-refractivity contribution in [1.29, 1.82) is 0 Å². The number of urea groups is 1. The molecule has 4 N–H and O–H groups in total. The van der Waals surface area contributed by atoms with Gasteiger partial charge in [0.2, 0.25) is 0 Å². The Morgan fingerprint density at radius 1 is 1.33 bits per heavy atom. The van der Waals surface area contributed by atoms with E-state index in [0.717, 1.165) is 39.1 Å². The molecule has 1 rings (SSSR count). The van der Waals surface area contributed by atoms with Crippen LogP contribution in [0.3, 0.4) is 0 Å². The molecule has 1 saturated heterocycles. The fraction of sp³-hybridized carbons (Fsp3) is 0.857. The summed E-state index contributed by atoms with van der Waals surface area (Å²) in [5, 5.41) is 17.8. The minimum atomic E-state index is -1.20. The molecule has 0 aliphatic carbocycles. The topological polar surface area (TPSA) is 93.7 Å². The van der Waals surface area contributed by atoms with Crippen LogP contribution in [0.25, 0.3) is 0 Å². The molecular formula is C14H28N4O3. The highest BCUT2D eigenvalue weighted by Crippen LogP contribution is 2.12. The summed E-state index contributed by atoms with van der Waals surface area (Å²) in [4.78, 5) is 25.4. The average molecular weight is 300 g/mol. The highest BCUT2D eigenvalue weighted by Gasteiger charge is 2.33. The number of carboxylic acid groups (broad SMARTS) is 1. The Hall–Kier alpha value is -1.34. The lowest BCUT2D eigenvalue weighted by Crippen LogP contribution is -2.55. The molecule has 0 spiro atoms. The number of piperazine rings is 1. The Labute approximate surface area is 126 Å². The molecule has 7 nitrogen and oxygen atoms in total. The van der Waals surface area contributed by atoms with Crippen molar-refractivity contribution >= 4 is 12.0 Å². The van der Waals surface area contributed by atoms with E-state index < -0.39 is 17.5 Å². The summed E-state index contributed by atoms with van der Waals surface area (Å²) in [7, 11) is 0. The van der Waals surface area contributed by atoms with Crippen molar-refractivity contribution in [2.45, 2.75) is 38.6 Å². The molecule has 1 unspecified atom stereocenters. The molecule has 1 aliphatic heterocycles. The molecule has 0 radical (unpaired) electrons. The van der Waals surface area contributed by atoms with Crippen molar-refractivity contribution in [1.82, 2.24) is 20.9 Å². The lowest BCUT2D eigenvalue weighted by atomic mass is 9.97. The van der Waals surface area contributed by atoms with Crippen molar-refractivity contribution in [3.05, 3.63) is 0 Å². The SMILES string of the molecule is CCCC(C)(NC(=O)NCCCN1CCNCC1)C(=O)O. The molecule has 1 atom stereocenters. The van der Waals surface area contributed by atoms with Crippen LogP contribution in [0.1, 0.15) is 33.1 Å². The Morgan fingerprint density at radius 2 is 2.00 bits per heavy atom. The predicted octanol–water partition coefficient (Wildman–Crippen LogP) is 0.224. The first-order chi connectivity index (χ1) is 9.98. The van der Waals surface area contributed by atoms with Gasteiger partial charge in [0.1, 0.15) is 5.54 Å².